The Bertz CT molecular complexity index is 631. The molecule has 1 aromatic carbocycles. The molecule has 0 bridgehead atoms. The second-order valence-corrected chi connectivity index (χ2v) is 10.0. The second kappa shape index (κ2) is 16.9. The fourth-order valence-electron chi connectivity index (χ4n) is 4.22. The average molecular weight is 448 g/mol. The molecule has 0 fully saturated rings. The normalized spacial score (nSPS) is 11.6. The maximum absolute atomic E-state index is 11.2. The Morgan fingerprint density at radius 3 is 1.91 bits per heavy atom. The molecule has 0 heterocycles. The van der Waals surface area contributed by atoms with Gasteiger partial charge in [0.05, 0.1) is 4.92 Å². The van der Waals surface area contributed by atoms with Gasteiger partial charge in [-0.1, -0.05) is 96.5 Å². The standard InChI is InChI=1S/C27H49N3O2/c1-5-6-7-8-9-10-11-12-13-14-15-16-17-20-27(3,4)29-22-21-28-25-23-24(2)18-19-26(25)30(31)32/h18-19,23,28-29H,5-17,20-22H2,1-4H3. The Balaban J connectivity index is 2.04. The van der Waals surface area contributed by atoms with Crippen LogP contribution in [0.5, 0.6) is 0 Å². The number of nitrogens with one attached hydrogen (secondary N) is 2. The lowest BCUT2D eigenvalue weighted by Gasteiger charge is -2.26. The van der Waals surface area contributed by atoms with E-state index in [0.29, 0.717) is 12.2 Å². The number of nitrogens with zero attached hydrogens (tertiary/aromatic N) is 1. The van der Waals surface area contributed by atoms with Gasteiger partial charge in [-0.25, -0.2) is 0 Å². The summed E-state index contributed by atoms with van der Waals surface area (Å²) in [5.41, 5.74) is 1.86. The summed E-state index contributed by atoms with van der Waals surface area (Å²) in [4.78, 5) is 10.9. The van der Waals surface area contributed by atoms with Crippen molar-refractivity contribution < 1.29 is 4.92 Å². The smallest absolute Gasteiger partial charge is 0.292 e. The maximum atomic E-state index is 11.2. The molecular weight excluding hydrogens is 398 g/mol. The summed E-state index contributed by atoms with van der Waals surface area (Å²) < 4.78 is 0. The molecular formula is C27H49N3O2. The minimum atomic E-state index is -0.326. The van der Waals surface area contributed by atoms with Crippen LogP contribution in [0.4, 0.5) is 11.4 Å². The summed E-state index contributed by atoms with van der Waals surface area (Å²) in [5, 5.41) is 18.0. The number of rotatable bonds is 20. The molecule has 0 aliphatic rings. The Morgan fingerprint density at radius 2 is 1.38 bits per heavy atom. The van der Waals surface area contributed by atoms with Crippen molar-refractivity contribution in [3.8, 4) is 0 Å². The van der Waals surface area contributed by atoms with Crippen LogP contribution in [0.1, 0.15) is 116 Å². The number of hydrogen-bond donors (Lipinski definition) is 2. The minimum Gasteiger partial charge on any atom is -0.378 e. The third kappa shape index (κ3) is 13.7. The van der Waals surface area contributed by atoms with E-state index in [-0.39, 0.29) is 16.1 Å². The van der Waals surface area contributed by atoms with Crippen molar-refractivity contribution in [3.63, 3.8) is 0 Å². The molecule has 0 atom stereocenters. The molecule has 1 rings (SSSR count). The van der Waals surface area contributed by atoms with Gasteiger partial charge in [-0.3, -0.25) is 10.1 Å². The molecule has 2 N–H and O–H groups in total. The van der Waals surface area contributed by atoms with Gasteiger partial charge in [-0.2, -0.15) is 0 Å². The first kappa shape index (κ1) is 28.4. The van der Waals surface area contributed by atoms with Crippen LogP contribution >= 0.6 is 0 Å². The molecule has 1 aromatic rings. The molecule has 0 aromatic heterocycles. The zero-order valence-electron chi connectivity index (χ0n) is 21.3. The van der Waals surface area contributed by atoms with Crippen LogP contribution in [-0.4, -0.2) is 23.6 Å². The SMILES string of the molecule is CCCCCCCCCCCCCCCC(C)(C)NCCNc1cc(C)ccc1[N+](=O)[O-]. The van der Waals surface area contributed by atoms with Crippen LogP contribution in [0.2, 0.25) is 0 Å². The van der Waals surface area contributed by atoms with E-state index in [9.17, 15) is 10.1 Å². The Hall–Kier alpha value is -1.62. The molecule has 0 spiro atoms. The van der Waals surface area contributed by atoms with E-state index >= 15 is 0 Å². The molecule has 5 heteroatoms. The fourth-order valence-corrected chi connectivity index (χ4v) is 4.22. The lowest BCUT2D eigenvalue weighted by atomic mass is 9.96. The van der Waals surface area contributed by atoms with Gasteiger partial charge in [0.2, 0.25) is 0 Å². The average Bonchev–Trinajstić information content (AvgIpc) is 2.74. The first-order valence-corrected chi connectivity index (χ1v) is 13.1. The second-order valence-electron chi connectivity index (χ2n) is 10.0. The van der Waals surface area contributed by atoms with Gasteiger partial charge in [0, 0.05) is 24.7 Å². The molecule has 0 radical (unpaired) electrons. The predicted molar refractivity (Wildman–Crippen MR) is 139 cm³/mol. The molecule has 0 unspecified atom stereocenters. The first-order chi connectivity index (χ1) is 15.4. The van der Waals surface area contributed by atoms with E-state index in [4.69, 9.17) is 0 Å². The van der Waals surface area contributed by atoms with E-state index in [2.05, 4.69) is 31.4 Å². The highest BCUT2D eigenvalue weighted by Crippen LogP contribution is 2.25. The third-order valence-electron chi connectivity index (χ3n) is 6.30. The van der Waals surface area contributed by atoms with E-state index in [1.807, 2.05) is 13.0 Å². The van der Waals surface area contributed by atoms with Crippen molar-refractivity contribution in [2.45, 2.75) is 123 Å². The largest absolute Gasteiger partial charge is 0.378 e. The lowest BCUT2D eigenvalue weighted by Crippen LogP contribution is -2.41. The molecule has 0 aliphatic heterocycles. The molecule has 0 aliphatic carbocycles. The van der Waals surface area contributed by atoms with Crippen LogP contribution in [0, 0.1) is 17.0 Å². The van der Waals surface area contributed by atoms with Gasteiger partial charge in [0.15, 0.2) is 0 Å². The van der Waals surface area contributed by atoms with Gasteiger partial charge in [-0.05, 0) is 38.8 Å². The zero-order chi connectivity index (χ0) is 23.7. The lowest BCUT2D eigenvalue weighted by molar-refractivity contribution is -0.384. The summed E-state index contributed by atoms with van der Waals surface area (Å²) >= 11 is 0. The monoisotopic (exact) mass is 447 g/mol. The highest BCUT2D eigenvalue weighted by molar-refractivity contribution is 5.62. The highest BCUT2D eigenvalue weighted by atomic mass is 16.6. The molecule has 0 saturated heterocycles. The summed E-state index contributed by atoms with van der Waals surface area (Å²) in [6.07, 6.45) is 19.1. The number of aryl methyl sites for hydroxylation is 1. The fraction of sp³-hybridized carbons (Fsp3) is 0.778. The van der Waals surface area contributed by atoms with Crippen LogP contribution in [0.3, 0.4) is 0 Å². The van der Waals surface area contributed by atoms with E-state index in [1.54, 1.807) is 12.1 Å². The van der Waals surface area contributed by atoms with E-state index < -0.39 is 0 Å². The molecule has 0 saturated carbocycles. The Morgan fingerprint density at radius 1 is 0.844 bits per heavy atom. The van der Waals surface area contributed by atoms with Crippen LogP contribution in [0.15, 0.2) is 18.2 Å². The zero-order valence-corrected chi connectivity index (χ0v) is 21.3. The van der Waals surface area contributed by atoms with Gasteiger partial charge < -0.3 is 10.6 Å². The van der Waals surface area contributed by atoms with Crippen molar-refractivity contribution in [1.82, 2.24) is 5.32 Å². The van der Waals surface area contributed by atoms with Gasteiger partial charge in [0.25, 0.3) is 5.69 Å². The number of unbranched alkanes of at least 4 members (excludes halogenated alkanes) is 12. The number of hydrogen-bond acceptors (Lipinski definition) is 4. The van der Waals surface area contributed by atoms with Gasteiger partial charge >= 0.3 is 0 Å². The number of nitro groups is 1. The summed E-state index contributed by atoms with van der Waals surface area (Å²) in [7, 11) is 0. The van der Waals surface area contributed by atoms with Crippen molar-refractivity contribution in [3.05, 3.63) is 33.9 Å². The van der Waals surface area contributed by atoms with Crippen molar-refractivity contribution in [2.24, 2.45) is 0 Å². The summed E-state index contributed by atoms with van der Waals surface area (Å²) in [6, 6.07) is 5.20. The van der Waals surface area contributed by atoms with E-state index in [1.165, 1.54) is 83.5 Å². The van der Waals surface area contributed by atoms with Crippen LogP contribution in [-0.2, 0) is 0 Å². The topological polar surface area (TPSA) is 67.2 Å². The minimum absolute atomic E-state index is 0.0952. The quantitative estimate of drug-likeness (QED) is 0.120. The number of anilines is 1. The predicted octanol–water partition coefficient (Wildman–Crippen LogP) is 8.16. The molecule has 184 valence electrons. The molecule has 32 heavy (non-hydrogen) atoms. The summed E-state index contributed by atoms with van der Waals surface area (Å²) in [5.74, 6) is 0. The van der Waals surface area contributed by atoms with Crippen LogP contribution < -0.4 is 10.6 Å². The Kier molecular flexibility index (Phi) is 15.0. The number of nitro benzene ring substituents is 1. The maximum Gasteiger partial charge on any atom is 0.292 e. The third-order valence-corrected chi connectivity index (χ3v) is 6.30. The van der Waals surface area contributed by atoms with Crippen molar-refractivity contribution in [1.29, 1.82) is 0 Å². The van der Waals surface area contributed by atoms with Gasteiger partial charge in [0.1, 0.15) is 5.69 Å². The molecule has 5 nitrogen and oxygen atoms in total. The first-order valence-electron chi connectivity index (χ1n) is 13.1. The van der Waals surface area contributed by atoms with E-state index in [0.717, 1.165) is 18.5 Å². The van der Waals surface area contributed by atoms with Crippen molar-refractivity contribution >= 4 is 11.4 Å². The summed E-state index contributed by atoms with van der Waals surface area (Å²) in [6.45, 7) is 10.2. The Labute approximate surface area is 197 Å². The van der Waals surface area contributed by atoms with Crippen molar-refractivity contribution in [2.75, 3.05) is 18.4 Å². The highest BCUT2D eigenvalue weighted by Gasteiger charge is 2.17. The van der Waals surface area contributed by atoms with Gasteiger partial charge in [-0.15, -0.1) is 0 Å². The van der Waals surface area contributed by atoms with Crippen LogP contribution in [0.25, 0.3) is 0 Å². The number of benzene rings is 1. The molecule has 0 amide bonds.